The first-order valence-electron chi connectivity index (χ1n) is 10.2. The molecule has 0 bridgehead atoms. The van der Waals surface area contributed by atoms with Crippen molar-refractivity contribution >= 4 is 10.8 Å². The summed E-state index contributed by atoms with van der Waals surface area (Å²) in [7, 11) is 3.15. The molecule has 0 aliphatic heterocycles. The summed E-state index contributed by atoms with van der Waals surface area (Å²) in [6, 6.07) is 20.1. The maximum absolute atomic E-state index is 13.2. The van der Waals surface area contributed by atoms with Crippen LogP contribution in [0.15, 0.2) is 76.0 Å². The number of nitrogens with zero attached hydrogens (tertiary/aromatic N) is 4. The van der Waals surface area contributed by atoms with E-state index < -0.39 is 0 Å². The average Bonchev–Trinajstić information content (AvgIpc) is 3.34. The molecular weight excluding hydrogens is 420 g/mol. The van der Waals surface area contributed by atoms with Crippen molar-refractivity contribution in [2.24, 2.45) is 0 Å². The first-order chi connectivity index (χ1) is 16.1. The fourth-order valence-electron chi connectivity index (χ4n) is 3.72. The third kappa shape index (κ3) is 3.51. The Kier molecular flexibility index (Phi) is 5.10. The van der Waals surface area contributed by atoms with Crippen LogP contribution < -0.4 is 15.0 Å². The lowest BCUT2D eigenvalue weighted by molar-refractivity contribution is 0.394. The number of hydrogen-bond acceptors (Lipinski definition) is 7. The molecule has 2 heterocycles. The summed E-state index contributed by atoms with van der Waals surface area (Å²) in [5, 5.41) is 9.91. The molecule has 0 saturated heterocycles. The van der Waals surface area contributed by atoms with E-state index in [1.165, 1.54) is 4.68 Å². The van der Waals surface area contributed by atoms with Gasteiger partial charge in [-0.05, 0) is 36.8 Å². The van der Waals surface area contributed by atoms with E-state index in [-0.39, 0.29) is 11.4 Å². The Morgan fingerprint density at radius 3 is 2.42 bits per heavy atom. The normalized spacial score (nSPS) is 11.0. The summed E-state index contributed by atoms with van der Waals surface area (Å²) in [6.07, 6.45) is 0. The number of fused-ring (bicyclic) bond motifs is 1. The van der Waals surface area contributed by atoms with Crippen molar-refractivity contribution in [1.82, 2.24) is 19.9 Å². The number of aromatic nitrogens is 4. The summed E-state index contributed by atoms with van der Waals surface area (Å²) in [5.74, 6) is 1.73. The summed E-state index contributed by atoms with van der Waals surface area (Å²) >= 11 is 0. The minimum Gasteiger partial charge on any atom is -0.497 e. The summed E-state index contributed by atoms with van der Waals surface area (Å²) < 4.78 is 17.7. The van der Waals surface area contributed by atoms with Gasteiger partial charge in [-0.25, -0.2) is 0 Å². The van der Waals surface area contributed by atoms with Crippen LogP contribution in [0.2, 0.25) is 0 Å². The topological polar surface area (TPSA) is 92.3 Å². The molecule has 0 amide bonds. The van der Waals surface area contributed by atoms with Crippen LogP contribution in [0.4, 0.5) is 0 Å². The molecule has 0 unspecified atom stereocenters. The smallest absolute Gasteiger partial charge is 0.279 e. The highest BCUT2D eigenvalue weighted by atomic mass is 16.5. The van der Waals surface area contributed by atoms with Gasteiger partial charge in [0.2, 0.25) is 5.82 Å². The lowest BCUT2D eigenvalue weighted by Crippen LogP contribution is -2.23. The van der Waals surface area contributed by atoms with Crippen LogP contribution in [0.25, 0.3) is 39.4 Å². The van der Waals surface area contributed by atoms with Gasteiger partial charge in [0.25, 0.3) is 11.4 Å². The molecule has 33 heavy (non-hydrogen) atoms. The molecule has 5 rings (SSSR count). The number of benzene rings is 3. The zero-order chi connectivity index (χ0) is 22.9. The Hall–Kier alpha value is -4.46. The second-order valence-electron chi connectivity index (χ2n) is 7.39. The van der Waals surface area contributed by atoms with Crippen LogP contribution in [0.5, 0.6) is 11.5 Å². The fraction of sp³-hybridized carbons (Fsp3) is 0.120. The first kappa shape index (κ1) is 20.4. The van der Waals surface area contributed by atoms with E-state index in [2.05, 4.69) is 15.2 Å². The summed E-state index contributed by atoms with van der Waals surface area (Å²) in [6.45, 7) is 1.93. The molecule has 0 N–H and O–H groups in total. The Labute approximate surface area is 189 Å². The maximum atomic E-state index is 13.2. The van der Waals surface area contributed by atoms with Crippen molar-refractivity contribution in [3.63, 3.8) is 0 Å². The zero-order valence-electron chi connectivity index (χ0n) is 18.3. The molecule has 0 spiro atoms. The summed E-state index contributed by atoms with van der Waals surface area (Å²) in [5.41, 5.74) is 2.44. The minimum absolute atomic E-state index is 0.196. The number of para-hydroxylation sites is 1. The van der Waals surface area contributed by atoms with Crippen LogP contribution in [0, 0.1) is 6.92 Å². The molecule has 8 heteroatoms. The minimum atomic E-state index is -0.222. The van der Waals surface area contributed by atoms with Gasteiger partial charge in [-0.15, -0.1) is 0 Å². The van der Waals surface area contributed by atoms with Crippen LogP contribution in [0.1, 0.15) is 5.56 Å². The maximum Gasteiger partial charge on any atom is 0.279 e. The summed E-state index contributed by atoms with van der Waals surface area (Å²) in [4.78, 5) is 17.8. The monoisotopic (exact) mass is 440 g/mol. The van der Waals surface area contributed by atoms with E-state index in [1.807, 2.05) is 49.4 Å². The standard InChI is InChI=1S/C25H20N4O4/c1-15-8-4-7-11-20(15)29-25(30)18-10-6-5-9-17(18)22(27-29)24-26-23(28-33-24)19-13-12-16(31-2)14-21(19)32-3/h4-14H,1-3H3. The molecule has 3 aromatic carbocycles. The third-order valence-electron chi connectivity index (χ3n) is 5.43. The van der Waals surface area contributed by atoms with E-state index in [4.69, 9.17) is 14.0 Å². The van der Waals surface area contributed by atoms with Gasteiger partial charge in [0.05, 0.1) is 30.9 Å². The van der Waals surface area contributed by atoms with Crippen molar-refractivity contribution in [2.75, 3.05) is 14.2 Å². The van der Waals surface area contributed by atoms with Gasteiger partial charge < -0.3 is 14.0 Å². The Bertz CT molecular complexity index is 1540. The molecule has 0 fully saturated rings. The lowest BCUT2D eigenvalue weighted by atomic mass is 10.1. The highest BCUT2D eigenvalue weighted by Gasteiger charge is 2.21. The lowest BCUT2D eigenvalue weighted by Gasteiger charge is -2.11. The van der Waals surface area contributed by atoms with Gasteiger partial charge in [-0.2, -0.15) is 14.8 Å². The van der Waals surface area contributed by atoms with Gasteiger partial charge in [0.1, 0.15) is 11.5 Å². The van der Waals surface area contributed by atoms with E-state index >= 15 is 0 Å². The SMILES string of the molecule is COc1ccc(-c2noc(-c3nn(-c4ccccc4C)c(=O)c4ccccc34)n2)c(OC)c1. The van der Waals surface area contributed by atoms with E-state index in [1.54, 1.807) is 38.5 Å². The van der Waals surface area contributed by atoms with Gasteiger partial charge >= 0.3 is 0 Å². The molecule has 2 aromatic heterocycles. The Morgan fingerprint density at radius 2 is 1.67 bits per heavy atom. The van der Waals surface area contributed by atoms with Crippen molar-refractivity contribution in [3.8, 4) is 40.2 Å². The van der Waals surface area contributed by atoms with Crippen molar-refractivity contribution in [1.29, 1.82) is 0 Å². The highest BCUT2D eigenvalue weighted by molar-refractivity contribution is 5.92. The molecule has 0 aliphatic carbocycles. The average molecular weight is 440 g/mol. The molecule has 0 radical (unpaired) electrons. The molecule has 0 aliphatic rings. The third-order valence-corrected chi connectivity index (χ3v) is 5.43. The van der Waals surface area contributed by atoms with Gasteiger partial charge in [0, 0.05) is 11.5 Å². The first-order valence-corrected chi connectivity index (χ1v) is 10.2. The van der Waals surface area contributed by atoms with Gasteiger partial charge in [-0.1, -0.05) is 41.6 Å². The fourth-order valence-corrected chi connectivity index (χ4v) is 3.72. The molecule has 0 atom stereocenters. The molecule has 0 saturated carbocycles. The number of hydrogen-bond donors (Lipinski definition) is 0. The Morgan fingerprint density at radius 1 is 0.909 bits per heavy atom. The van der Waals surface area contributed by atoms with E-state index in [0.29, 0.717) is 45.0 Å². The van der Waals surface area contributed by atoms with Gasteiger partial charge in [-0.3, -0.25) is 4.79 Å². The van der Waals surface area contributed by atoms with E-state index in [9.17, 15) is 4.79 Å². The highest BCUT2D eigenvalue weighted by Crippen LogP contribution is 2.33. The number of rotatable bonds is 5. The van der Waals surface area contributed by atoms with Crippen LogP contribution >= 0.6 is 0 Å². The molecule has 5 aromatic rings. The number of ether oxygens (including phenoxy) is 2. The second-order valence-corrected chi connectivity index (χ2v) is 7.39. The number of methoxy groups -OCH3 is 2. The van der Waals surface area contributed by atoms with Crippen LogP contribution in [0.3, 0.4) is 0 Å². The van der Waals surface area contributed by atoms with Crippen LogP contribution in [-0.4, -0.2) is 34.1 Å². The molecular formula is C25H20N4O4. The van der Waals surface area contributed by atoms with Gasteiger partial charge in [0.15, 0.2) is 5.69 Å². The van der Waals surface area contributed by atoms with Crippen molar-refractivity contribution < 1.29 is 14.0 Å². The molecule has 164 valence electrons. The Balaban J connectivity index is 1.71. The van der Waals surface area contributed by atoms with Crippen molar-refractivity contribution in [3.05, 3.63) is 82.6 Å². The predicted molar refractivity (Wildman–Crippen MR) is 124 cm³/mol. The quantitative estimate of drug-likeness (QED) is 0.399. The van der Waals surface area contributed by atoms with Crippen molar-refractivity contribution in [2.45, 2.75) is 6.92 Å². The zero-order valence-corrected chi connectivity index (χ0v) is 18.3. The van der Waals surface area contributed by atoms with E-state index in [0.717, 1.165) is 5.56 Å². The second kappa shape index (κ2) is 8.23. The number of aryl methyl sites for hydroxylation is 1. The predicted octanol–water partition coefficient (Wildman–Crippen LogP) is 4.43. The largest absolute Gasteiger partial charge is 0.497 e. The molecule has 8 nitrogen and oxygen atoms in total. The van der Waals surface area contributed by atoms with Crippen LogP contribution in [-0.2, 0) is 0 Å².